The summed E-state index contributed by atoms with van der Waals surface area (Å²) in [6, 6.07) is 3.40. The fraction of sp³-hybridized carbons (Fsp3) is 0. The minimum atomic E-state index is 0.178. The quantitative estimate of drug-likeness (QED) is 0.701. The number of aromatic nitrogens is 4. The van der Waals surface area contributed by atoms with Crippen molar-refractivity contribution in [3.05, 3.63) is 35.1 Å². The summed E-state index contributed by atoms with van der Waals surface area (Å²) in [4.78, 5) is 15.5. The van der Waals surface area contributed by atoms with Crippen molar-refractivity contribution in [2.24, 2.45) is 0 Å². The molecule has 0 radical (unpaired) electrons. The van der Waals surface area contributed by atoms with Crippen LogP contribution in [-0.4, -0.2) is 19.9 Å². The van der Waals surface area contributed by atoms with Crippen LogP contribution in [0.5, 0.6) is 0 Å². The van der Waals surface area contributed by atoms with Gasteiger partial charge in [-0.15, -0.1) is 0 Å². The monoisotopic (exact) mass is 226 g/mol. The van der Waals surface area contributed by atoms with Crippen molar-refractivity contribution in [1.82, 2.24) is 19.9 Å². The normalized spacial score (nSPS) is 10.1. The average molecular weight is 227 g/mol. The number of hydrogen-bond donors (Lipinski definition) is 0. The second kappa shape index (κ2) is 3.86. The van der Waals surface area contributed by atoms with E-state index in [4.69, 9.17) is 23.2 Å². The van der Waals surface area contributed by atoms with Crippen LogP contribution in [0, 0.1) is 0 Å². The lowest BCUT2D eigenvalue weighted by Gasteiger charge is -1.98. The van der Waals surface area contributed by atoms with Gasteiger partial charge in [0.15, 0.2) is 0 Å². The Labute approximate surface area is 90.0 Å². The summed E-state index contributed by atoms with van der Waals surface area (Å²) < 4.78 is 0. The highest BCUT2D eigenvalue weighted by Crippen LogP contribution is 2.15. The highest BCUT2D eigenvalue weighted by molar-refractivity contribution is 6.28. The molecule has 4 nitrogen and oxygen atoms in total. The largest absolute Gasteiger partial charge is 0.226 e. The maximum absolute atomic E-state index is 5.64. The summed E-state index contributed by atoms with van der Waals surface area (Å²) in [7, 11) is 0. The third kappa shape index (κ3) is 1.97. The highest BCUT2D eigenvalue weighted by atomic mass is 35.5. The Morgan fingerprint density at radius 3 is 1.57 bits per heavy atom. The summed E-state index contributed by atoms with van der Waals surface area (Å²) in [5.41, 5.74) is 1.24. The van der Waals surface area contributed by atoms with E-state index >= 15 is 0 Å². The fourth-order valence-corrected chi connectivity index (χ4v) is 1.25. The lowest BCUT2D eigenvalue weighted by Crippen LogP contribution is -1.90. The predicted octanol–water partition coefficient (Wildman–Crippen LogP) is 2.24. The van der Waals surface area contributed by atoms with Crippen molar-refractivity contribution in [1.29, 1.82) is 0 Å². The van der Waals surface area contributed by atoms with Gasteiger partial charge >= 0.3 is 0 Å². The van der Waals surface area contributed by atoms with E-state index in [-0.39, 0.29) is 10.6 Å². The lowest BCUT2D eigenvalue weighted by atomic mass is 10.3. The molecule has 2 heterocycles. The maximum Gasteiger partial charge on any atom is 0.222 e. The topological polar surface area (TPSA) is 51.6 Å². The van der Waals surface area contributed by atoms with Crippen LogP contribution in [-0.2, 0) is 0 Å². The average Bonchev–Trinajstić information content (AvgIpc) is 2.18. The van der Waals surface area contributed by atoms with E-state index in [1.807, 2.05) is 0 Å². The molecular weight excluding hydrogens is 223 g/mol. The lowest BCUT2D eigenvalue weighted by molar-refractivity contribution is 1.12. The molecule has 0 unspecified atom stereocenters. The minimum absolute atomic E-state index is 0.178. The molecule has 0 atom stereocenters. The maximum atomic E-state index is 5.64. The van der Waals surface area contributed by atoms with Gasteiger partial charge in [-0.25, -0.2) is 19.9 Å². The molecule has 0 saturated carbocycles. The summed E-state index contributed by atoms with van der Waals surface area (Å²) >= 11 is 11.3. The molecule has 2 aromatic heterocycles. The van der Waals surface area contributed by atoms with Crippen molar-refractivity contribution >= 4 is 23.2 Å². The zero-order valence-electron chi connectivity index (χ0n) is 6.85. The molecule has 0 aliphatic carbocycles. The van der Waals surface area contributed by atoms with Gasteiger partial charge in [0, 0.05) is 12.4 Å². The molecule has 0 N–H and O–H groups in total. The van der Waals surface area contributed by atoms with Gasteiger partial charge in [0.05, 0.1) is 11.4 Å². The zero-order valence-corrected chi connectivity index (χ0v) is 8.37. The van der Waals surface area contributed by atoms with Gasteiger partial charge in [-0.2, -0.15) is 0 Å². The molecule has 0 aliphatic rings. The molecule has 0 amide bonds. The standard InChI is InChI=1S/C8H4Cl2N4/c9-7-11-3-1-5(13-7)6-2-4-12-8(10)14-6/h1-4H. The number of rotatable bonds is 1. The van der Waals surface area contributed by atoms with Crippen molar-refractivity contribution in [2.75, 3.05) is 0 Å². The van der Waals surface area contributed by atoms with Gasteiger partial charge in [-0.3, -0.25) is 0 Å². The van der Waals surface area contributed by atoms with Crippen LogP contribution in [0.2, 0.25) is 10.6 Å². The van der Waals surface area contributed by atoms with Crippen molar-refractivity contribution < 1.29 is 0 Å². The molecule has 2 rings (SSSR count). The molecule has 2 aromatic rings. The first-order chi connectivity index (χ1) is 6.75. The summed E-state index contributed by atoms with van der Waals surface area (Å²) in [6.45, 7) is 0. The van der Waals surface area contributed by atoms with Crippen molar-refractivity contribution in [2.45, 2.75) is 0 Å². The van der Waals surface area contributed by atoms with Gasteiger partial charge in [0.1, 0.15) is 0 Å². The SMILES string of the molecule is Clc1nccc(-c2ccnc(Cl)n2)n1. The van der Waals surface area contributed by atoms with Gasteiger partial charge in [-0.05, 0) is 35.3 Å². The Morgan fingerprint density at radius 2 is 1.21 bits per heavy atom. The second-order valence-corrected chi connectivity index (χ2v) is 3.10. The Hall–Kier alpha value is -1.26. The van der Waals surface area contributed by atoms with Crippen LogP contribution in [0.15, 0.2) is 24.5 Å². The first kappa shape index (κ1) is 9.30. The first-order valence-electron chi connectivity index (χ1n) is 3.73. The van der Waals surface area contributed by atoms with E-state index in [0.29, 0.717) is 11.4 Å². The third-order valence-electron chi connectivity index (χ3n) is 1.51. The second-order valence-electron chi connectivity index (χ2n) is 2.42. The highest BCUT2D eigenvalue weighted by Gasteiger charge is 2.02. The van der Waals surface area contributed by atoms with E-state index in [1.54, 1.807) is 24.5 Å². The Kier molecular flexibility index (Phi) is 2.56. The third-order valence-corrected chi connectivity index (χ3v) is 1.88. The van der Waals surface area contributed by atoms with Crippen LogP contribution < -0.4 is 0 Å². The van der Waals surface area contributed by atoms with E-state index in [9.17, 15) is 0 Å². The zero-order chi connectivity index (χ0) is 9.97. The summed E-state index contributed by atoms with van der Waals surface area (Å²) in [5, 5.41) is 0.356. The molecule has 0 aliphatic heterocycles. The van der Waals surface area contributed by atoms with Gasteiger partial charge < -0.3 is 0 Å². The summed E-state index contributed by atoms with van der Waals surface area (Å²) in [6.07, 6.45) is 3.11. The Balaban J connectivity index is 2.49. The van der Waals surface area contributed by atoms with Crippen LogP contribution in [0.1, 0.15) is 0 Å². The number of nitrogens with zero attached hydrogens (tertiary/aromatic N) is 4. The van der Waals surface area contributed by atoms with E-state index in [1.165, 1.54) is 0 Å². The van der Waals surface area contributed by atoms with Gasteiger partial charge in [0.2, 0.25) is 10.6 Å². The number of halogens is 2. The fourth-order valence-electron chi connectivity index (χ4n) is 0.955. The molecule has 0 spiro atoms. The summed E-state index contributed by atoms with van der Waals surface area (Å²) in [5.74, 6) is 0. The molecule has 6 heteroatoms. The molecule has 70 valence electrons. The van der Waals surface area contributed by atoms with Crippen molar-refractivity contribution in [3.8, 4) is 11.4 Å². The number of hydrogen-bond acceptors (Lipinski definition) is 4. The van der Waals surface area contributed by atoms with Crippen molar-refractivity contribution in [3.63, 3.8) is 0 Å². The predicted molar refractivity (Wildman–Crippen MR) is 53.1 cm³/mol. The van der Waals surface area contributed by atoms with Crippen LogP contribution in [0.25, 0.3) is 11.4 Å². The van der Waals surface area contributed by atoms with E-state index in [2.05, 4.69) is 19.9 Å². The van der Waals surface area contributed by atoms with E-state index in [0.717, 1.165) is 0 Å². The van der Waals surface area contributed by atoms with E-state index < -0.39 is 0 Å². The smallest absolute Gasteiger partial charge is 0.222 e. The van der Waals surface area contributed by atoms with Crippen LogP contribution >= 0.6 is 23.2 Å². The van der Waals surface area contributed by atoms with Crippen LogP contribution in [0.4, 0.5) is 0 Å². The molecular formula is C8H4Cl2N4. The molecule has 0 fully saturated rings. The Bertz CT molecular complexity index is 417. The van der Waals surface area contributed by atoms with Gasteiger partial charge in [-0.1, -0.05) is 0 Å². The first-order valence-corrected chi connectivity index (χ1v) is 4.49. The molecule has 0 bridgehead atoms. The molecule has 0 saturated heterocycles. The molecule has 14 heavy (non-hydrogen) atoms. The molecule has 0 aromatic carbocycles. The minimum Gasteiger partial charge on any atom is -0.226 e. The van der Waals surface area contributed by atoms with Gasteiger partial charge in [0.25, 0.3) is 0 Å². The van der Waals surface area contributed by atoms with Crippen LogP contribution in [0.3, 0.4) is 0 Å². The Morgan fingerprint density at radius 1 is 0.786 bits per heavy atom.